The molecule has 1 amide bonds. The van der Waals surface area contributed by atoms with Gasteiger partial charge in [0.25, 0.3) is 5.91 Å². The number of aliphatic hydroxyl groups is 1. The van der Waals surface area contributed by atoms with Gasteiger partial charge in [-0.3, -0.25) is 4.79 Å². The van der Waals surface area contributed by atoms with E-state index in [-0.39, 0.29) is 30.4 Å². The number of rotatable bonds is 5. The minimum Gasteiger partial charge on any atom is -0.389 e. The van der Waals surface area contributed by atoms with Gasteiger partial charge < -0.3 is 20.5 Å². The first-order valence-corrected chi connectivity index (χ1v) is 7.07. The van der Waals surface area contributed by atoms with Crippen LogP contribution < -0.4 is 10.6 Å². The van der Waals surface area contributed by atoms with E-state index in [2.05, 4.69) is 10.6 Å². The van der Waals surface area contributed by atoms with E-state index >= 15 is 0 Å². The Labute approximate surface area is 123 Å². The first-order valence-electron chi connectivity index (χ1n) is 7.07. The summed E-state index contributed by atoms with van der Waals surface area (Å²) in [6, 6.07) is 5.43. The molecule has 0 saturated carbocycles. The minimum atomic E-state index is -0.666. The van der Waals surface area contributed by atoms with Crippen molar-refractivity contribution in [3.63, 3.8) is 0 Å². The van der Waals surface area contributed by atoms with Crippen molar-refractivity contribution in [3.05, 3.63) is 35.6 Å². The second-order valence-corrected chi connectivity index (χ2v) is 5.51. The largest absolute Gasteiger partial charge is 0.389 e. The molecule has 6 heteroatoms. The fraction of sp³-hybridized carbons (Fsp3) is 0.533. The lowest BCUT2D eigenvalue weighted by atomic mass is 10.1. The van der Waals surface area contributed by atoms with Gasteiger partial charge in [0.1, 0.15) is 11.9 Å². The van der Waals surface area contributed by atoms with Gasteiger partial charge in [0.2, 0.25) is 0 Å². The molecule has 1 aliphatic heterocycles. The first kappa shape index (κ1) is 15.9. The van der Waals surface area contributed by atoms with Crippen molar-refractivity contribution < 1.29 is 19.0 Å². The van der Waals surface area contributed by atoms with E-state index in [9.17, 15) is 14.3 Å². The van der Waals surface area contributed by atoms with Crippen molar-refractivity contribution >= 4 is 5.91 Å². The average Bonchev–Trinajstić information content (AvgIpc) is 2.77. The second-order valence-electron chi connectivity index (χ2n) is 5.51. The summed E-state index contributed by atoms with van der Waals surface area (Å²) in [5.74, 6) is -0.699. The molecule has 2 rings (SSSR count). The quantitative estimate of drug-likeness (QED) is 0.747. The topological polar surface area (TPSA) is 70.6 Å². The van der Waals surface area contributed by atoms with Crippen LogP contribution >= 0.6 is 0 Å². The van der Waals surface area contributed by atoms with Crippen LogP contribution in [0.25, 0.3) is 0 Å². The Morgan fingerprint density at radius 2 is 2.10 bits per heavy atom. The van der Waals surface area contributed by atoms with Crippen LogP contribution in [0.5, 0.6) is 0 Å². The highest BCUT2D eigenvalue weighted by atomic mass is 19.1. The van der Waals surface area contributed by atoms with Gasteiger partial charge in [-0.1, -0.05) is 13.8 Å². The van der Waals surface area contributed by atoms with Crippen LogP contribution in [-0.4, -0.2) is 48.5 Å². The van der Waals surface area contributed by atoms with E-state index in [1.807, 2.05) is 13.8 Å². The molecule has 3 unspecified atom stereocenters. The molecule has 0 radical (unpaired) electrons. The Morgan fingerprint density at radius 3 is 2.71 bits per heavy atom. The molecule has 116 valence electrons. The fourth-order valence-electron chi connectivity index (χ4n) is 2.33. The molecule has 0 spiro atoms. The van der Waals surface area contributed by atoms with Crippen molar-refractivity contribution in [2.75, 3.05) is 13.2 Å². The predicted molar refractivity (Wildman–Crippen MR) is 76.5 cm³/mol. The Morgan fingerprint density at radius 1 is 1.43 bits per heavy atom. The SMILES string of the molecule is CC(C)NC1COC(CNC(=O)c2ccc(F)cc2)C1O. The first-order chi connectivity index (χ1) is 9.97. The molecule has 1 aliphatic rings. The summed E-state index contributed by atoms with van der Waals surface area (Å²) in [4.78, 5) is 11.9. The van der Waals surface area contributed by atoms with Gasteiger partial charge in [-0.05, 0) is 24.3 Å². The lowest BCUT2D eigenvalue weighted by Gasteiger charge is -2.20. The highest BCUT2D eigenvalue weighted by Crippen LogP contribution is 2.14. The van der Waals surface area contributed by atoms with E-state index in [0.717, 1.165) is 0 Å². The molecule has 21 heavy (non-hydrogen) atoms. The van der Waals surface area contributed by atoms with Crippen molar-refractivity contribution in [3.8, 4) is 0 Å². The van der Waals surface area contributed by atoms with E-state index in [1.165, 1.54) is 24.3 Å². The molecule has 0 bridgehead atoms. The molecule has 0 aliphatic carbocycles. The number of carbonyl (C=O) groups is 1. The molecule has 1 heterocycles. The Bertz CT molecular complexity index is 478. The number of ether oxygens (including phenoxy) is 1. The van der Waals surface area contributed by atoms with Gasteiger partial charge in [0.05, 0.1) is 18.8 Å². The molecule has 0 aromatic heterocycles. The van der Waals surface area contributed by atoms with Gasteiger partial charge in [0.15, 0.2) is 0 Å². The van der Waals surface area contributed by atoms with Crippen LogP contribution in [0.3, 0.4) is 0 Å². The van der Waals surface area contributed by atoms with Crippen molar-refractivity contribution in [1.29, 1.82) is 0 Å². The zero-order valence-corrected chi connectivity index (χ0v) is 12.2. The third kappa shape index (κ3) is 4.23. The van der Waals surface area contributed by atoms with Crippen molar-refractivity contribution in [2.24, 2.45) is 0 Å². The minimum absolute atomic E-state index is 0.127. The molecule has 1 aromatic carbocycles. The lowest BCUT2D eigenvalue weighted by Crippen LogP contribution is -2.46. The molecular formula is C15H21FN2O3. The van der Waals surface area contributed by atoms with Gasteiger partial charge >= 0.3 is 0 Å². The zero-order chi connectivity index (χ0) is 15.4. The van der Waals surface area contributed by atoms with E-state index < -0.39 is 12.2 Å². The predicted octanol–water partition coefficient (Wildman–Crippen LogP) is 0.682. The fourth-order valence-corrected chi connectivity index (χ4v) is 2.33. The molecular weight excluding hydrogens is 275 g/mol. The molecule has 3 atom stereocenters. The molecule has 5 nitrogen and oxygen atoms in total. The number of benzene rings is 1. The summed E-state index contributed by atoms with van der Waals surface area (Å²) in [5.41, 5.74) is 0.376. The number of hydrogen-bond acceptors (Lipinski definition) is 4. The third-order valence-corrected chi connectivity index (χ3v) is 3.40. The number of hydrogen-bond donors (Lipinski definition) is 3. The summed E-state index contributed by atoms with van der Waals surface area (Å²) < 4.78 is 18.3. The summed E-state index contributed by atoms with van der Waals surface area (Å²) in [6.07, 6.45) is -1.11. The summed E-state index contributed by atoms with van der Waals surface area (Å²) in [6.45, 7) is 4.62. The van der Waals surface area contributed by atoms with Crippen LogP contribution in [0.15, 0.2) is 24.3 Å². The Hall–Kier alpha value is -1.50. The van der Waals surface area contributed by atoms with Crippen LogP contribution in [0.4, 0.5) is 4.39 Å². The van der Waals surface area contributed by atoms with E-state index in [1.54, 1.807) is 0 Å². The summed E-state index contributed by atoms with van der Waals surface area (Å²) >= 11 is 0. The van der Waals surface area contributed by atoms with Gasteiger partial charge in [-0.15, -0.1) is 0 Å². The maximum atomic E-state index is 12.8. The van der Waals surface area contributed by atoms with E-state index in [4.69, 9.17) is 4.74 Å². The molecule has 1 aromatic rings. The van der Waals surface area contributed by atoms with Crippen LogP contribution in [0.2, 0.25) is 0 Å². The van der Waals surface area contributed by atoms with Crippen molar-refractivity contribution in [1.82, 2.24) is 10.6 Å². The average molecular weight is 296 g/mol. The van der Waals surface area contributed by atoms with Gasteiger partial charge in [-0.2, -0.15) is 0 Å². The molecule has 3 N–H and O–H groups in total. The van der Waals surface area contributed by atoms with Crippen LogP contribution in [0.1, 0.15) is 24.2 Å². The second kappa shape index (κ2) is 6.98. The summed E-state index contributed by atoms with van der Waals surface area (Å²) in [7, 11) is 0. The van der Waals surface area contributed by atoms with Crippen molar-refractivity contribution in [2.45, 2.75) is 38.1 Å². The Kier molecular flexibility index (Phi) is 5.27. The maximum absolute atomic E-state index is 12.8. The maximum Gasteiger partial charge on any atom is 0.251 e. The van der Waals surface area contributed by atoms with Crippen LogP contribution in [0, 0.1) is 5.82 Å². The van der Waals surface area contributed by atoms with Crippen LogP contribution in [-0.2, 0) is 4.74 Å². The number of aliphatic hydroxyl groups excluding tert-OH is 1. The Balaban J connectivity index is 1.83. The third-order valence-electron chi connectivity index (χ3n) is 3.40. The number of amides is 1. The van der Waals surface area contributed by atoms with E-state index in [0.29, 0.717) is 12.2 Å². The molecule has 1 saturated heterocycles. The smallest absolute Gasteiger partial charge is 0.251 e. The normalized spacial score (nSPS) is 25.3. The highest BCUT2D eigenvalue weighted by Gasteiger charge is 2.36. The standard InChI is InChI=1S/C15H21FN2O3/c1-9(2)18-12-8-21-13(14(12)19)7-17-15(20)10-3-5-11(16)6-4-10/h3-6,9,12-14,18-19H,7-8H2,1-2H3,(H,17,20). The van der Waals surface area contributed by atoms with Gasteiger partial charge in [-0.25, -0.2) is 4.39 Å². The highest BCUT2D eigenvalue weighted by molar-refractivity contribution is 5.94. The number of nitrogens with one attached hydrogen (secondary N) is 2. The number of halogens is 1. The summed E-state index contributed by atoms with van der Waals surface area (Å²) in [5, 5.41) is 16.0. The number of carbonyl (C=O) groups excluding carboxylic acids is 1. The van der Waals surface area contributed by atoms with Gasteiger partial charge in [0, 0.05) is 18.2 Å². The zero-order valence-electron chi connectivity index (χ0n) is 12.2. The molecule has 1 fully saturated rings. The lowest BCUT2D eigenvalue weighted by molar-refractivity contribution is 0.0397. The monoisotopic (exact) mass is 296 g/mol.